The van der Waals surface area contributed by atoms with Crippen LogP contribution in [-0.4, -0.2) is 71.7 Å². The molecule has 1 fully saturated rings. The van der Waals surface area contributed by atoms with Gasteiger partial charge < -0.3 is 19.9 Å². The maximum atomic E-state index is 13.8. The van der Waals surface area contributed by atoms with Gasteiger partial charge in [0.1, 0.15) is 17.9 Å². The maximum absolute atomic E-state index is 13.8. The number of morpholine rings is 1. The van der Waals surface area contributed by atoms with E-state index in [1.54, 1.807) is 29.5 Å². The van der Waals surface area contributed by atoms with Crippen molar-refractivity contribution >= 4 is 45.0 Å². The molecule has 4 rings (SSSR count). The summed E-state index contributed by atoms with van der Waals surface area (Å²) < 4.78 is 25.0. The van der Waals surface area contributed by atoms with Gasteiger partial charge in [-0.3, -0.25) is 14.7 Å². The number of amidine groups is 1. The van der Waals surface area contributed by atoms with E-state index >= 15 is 0 Å². The molecule has 0 amide bonds. The van der Waals surface area contributed by atoms with Gasteiger partial charge in [0, 0.05) is 34.8 Å². The lowest BCUT2D eigenvalue weighted by molar-refractivity contribution is -0.149. The van der Waals surface area contributed by atoms with Gasteiger partial charge in [-0.15, -0.1) is 11.3 Å². The van der Waals surface area contributed by atoms with Crippen LogP contribution in [0.2, 0.25) is 0 Å². The second kappa shape index (κ2) is 10.7. The molecule has 2 aromatic rings. The Balaban J connectivity index is 1.83. The first-order valence-corrected chi connectivity index (χ1v) is 12.2. The Morgan fingerprint density at radius 1 is 1.44 bits per heavy atom. The largest absolute Gasteiger partial charge is 0.480 e. The number of nitrogens with one attached hydrogen (secondary N) is 1. The van der Waals surface area contributed by atoms with Gasteiger partial charge in [-0.05, 0) is 24.6 Å². The van der Waals surface area contributed by atoms with Gasteiger partial charge in [-0.25, -0.2) is 14.2 Å². The Labute approximate surface area is 207 Å². The fraction of sp³-hybridized carbons (Fsp3) is 0.364. The van der Waals surface area contributed by atoms with Crippen LogP contribution in [0.25, 0.3) is 0 Å². The summed E-state index contributed by atoms with van der Waals surface area (Å²) >= 11 is 4.76. The number of aliphatic imine (C=N–C) groups is 1. The van der Waals surface area contributed by atoms with Crippen molar-refractivity contribution in [3.63, 3.8) is 0 Å². The molecular weight excluding hydrogens is 531 g/mol. The minimum atomic E-state index is -1.01. The highest BCUT2D eigenvalue weighted by molar-refractivity contribution is 9.10. The lowest BCUT2D eigenvalue weighted by Crippen LogP contribution is -2.52. The Morgan fingerprint density at radius 2 is 2.26 bits per heavy atom. The van der Waals surface area contributed by atoms with Crippen molar-refractivity contribution in [3.8, 4) is 0 Å². The third-order valence-electron chi connectivity index (χ3n) is 5.40. The number of esters is 1. The van der Waals surface area contributed by atoms with Gasteiger partial charge in [-0.2, -0.15) is 0 Å². The van der Waals surface area contributed by atoms with Gasteiger partial charge in [-0.1, -0.05) is 22.0 Å². The van der Waals surface area contributed by atoms with Crippen molar-refractivity contribution in [1.29, 1.82) is 0 Å². The molecule has 1 aromatic carbocycles. The number of hydrogen-bond donors (Lipinski definition) is 2. The fourth-order valence-corrected chi connectivity index (χ4v) is 4.98. The summed E-state index contributed by atoms with van der Waals surface area (Å²) in [6, 6.07) is 2.47. The molecule has 2 N–H and O–H groups in total. The smallest absolute Gasteiger partial charge is 0.338 e. The molecule has 2 atom stereocenters. The van der Waals surface area contributed by atoms with Crippen molar-refractivity contribution < 1.29 is 28.6 Å². The number of benzene rings is 1. The number of carbonyl (C=O) groups excluding carboxylic acids is 1. The van der Waals surface area contributed by atoms with Crippen LogP contribution in [0.4, 0.5) is 4.39 Å². The number of aromatic nitrogens is 1. The number of carboxylic acid groups (broad SMARTS) is 1. The highest BCUT2D eigenvalue weighted by Crippen LogP contribution is 2.37. The monoisotopic (exact) mass is 552 g/mol. The average molecular weight is 553 g/mol. The van der Waals surface area contributed by atoms with Gasteiger partial charge >= 0.3 is 11.9 Å². The topological polar surface area (TPSA) is 113 Å². The second-order valence-electron chi connectivity index (χ2n) is 7.52. The Kier molecular flexibility index (Phi) is 7.71. The van der Waals surface area contributed by atoms with Gasteiger partial charge in [0.2, 0.25) is 0 Å². The minimum Gasteiger partial charge on any atom is -0.480 e. The Morgan fingerprint density at radius 3 is 2.94 bits per heavy atom. The third-order valence-corrected chi connectivity index (χ3v) is 6.87. The molecule has 0 radical (unpaired) electrons. The summed E-state index contributed by atoms with van der Waals surface area (Å²) in [5.74, 6) is -1.61. The predicted molar refractivity (Wildman–Crippen MR) is 126 cm³/mol. The molecule has 34 heavy (non-hydrogen) atoms. The van der Waals surface area contributed by atoms with E-state index in [1.807, 2.05) is 0 Å². The number of hydrogen-bond acceptors (Lipinski definition) is 9. The predicted octanol–water partition coefficient (Wildman–Crippen LogP) is 2.74. The highest BCUT2D eigenvalue weighted by Gasteiger charge is 2.37. The van der Waals surface area contributed by atoms with Crippen LogP contribution in [0.5, 0.6) is 0 Å². The summed E-state index contributed by atoms with van der Waals surface area (Å²) in [6.45, 7) is 2.74. The molecule has 1 saturated heterocycles. The van der Waals surface area contributed by atoms with E-state index in [4.69, 9.17) is 14.5 Å². The number of nitrogens with zero attached hydrogens (tertiary/aromatic N) is 3. The van der Waals surface area contributed by atoms with Crippen LogP contribution >= 0.6 is 27.3 Å². The summed E-state index contributed by atoms with van der Waals surface area (Å²) in [4.78, 5) is 35.8. The normalized spacial score (nSPS) is 21.1. The van der Waals surface area contributed by atoms with E-state index in [2.05, 4.69) is 26.2 Å². The molecule has 0 bridgehead atoms. The van der Waals surface area contributed by atoms with Crippen LogP contribution < -0.4 is 5.32 Å². The van der Waals surface area contributed by atoms with E-state index in [1.165, 1.54) is 23.5 Å². The van der Waals surface area contributed by atoms with Crippen molar-refractivity contribution in [2.24, 2.45) is 4.99 Å². The fourth-order valence-electron chi connectivity index (χ4n) is 3.82. The summed E-state index contributed by atoms with van der Waals surface area (Å²) in [7, 11) is 0. The number of aliphatic carboxylic acids is 1. The Bertz CT molecular complexity index is 1140. The van der Waals surface area contributed by atoms with Gasteiger partial charge in [0.25, 0.3) is 0 Å². The summed E-state index contributed by atoms with van der Waals surface area (Å²) in [6.07, 6.45) is 1.64. The molecule has 0 saturated carbocycles. The van der Waals surface area contributed by atoms with E-state index < -0.39 is 29.8 Å². The third kappa shape index (κ3) is 5.19. The maximum Gasteiger partial charge on any atom is 0.338 e. The first kappa shape index (κ1) is 24.5. The van der Waals surface area contributed by atoms with Crippen LogP contribution in [0.3, 0.4) is 0 Å². The van der Waals surface area contributed by atoms with E-state index in [-0.39, 0.29) is 25.3 Å². The van der Waals surface area contributed by atoms with Crippen molar-refractivity contribution in [2.45, 2.75) is 19.0 Å². The first-order valence-electron chi connectivity index (χ1n) is 10.5. The van der Waals surface area contributed by atoms with E-state index in [0.29, 0.717) is 39.7 Å². The quantitative estimate of drug-likeness (QED) is 0.504. The number of carbonyl (C=O) groups is 2. The molecule has 0 aliphatic carbocycles. The van der Waals surface area contributed by atoms with E-state index in [0.717, 1.165) is 0 Å². The summed E-state index contributed by atoms with van der Waals surface area (Å²) in [5.41, 5.74) is 1.24. The van der Waals surface area contributed by atoms with Crippen LogP contribution in [0, 0.1) is 5.82 Å². The van der Waals surface area contributed by atoms with Crippen molar-refractivity contribution in [1.82, 2.24) is 15.2 Å². The van der Waals surface area contributed by atoms with Gasteiger partial charge in [0.05, 0.1) is 25.4 Å². The molecule has 0 spiro atoms. The molecule has 180 valence electrons. The number of rotatable bonds is 7. The standard InChI is InChI=1S/C22H22BrFN4O5S/c1-2-33-22(31)17-15(10-28-6-7-32-11-16(28)21(29)30)26-19(20-25-5-8-34-20)27-18(17)13-4-3-12(24)9-14(13)23/h3-5,8-9,16,18H,2,6-7,10-11H2,1H3,(H,26,27)(H,29,30). The van der Waals surface area contributed by atoms with Crippen LogP contribution in [0.15, 0.2) is 50.5 Å². The lowest BCUT2D eigenvalue weighted by atomic mass is 9.95. The van der Waals surface area contributed by atoms with Crippen LogP contribution in [0.1, 0.15) is 23.5 Å². The summed E-state index contributed by atoms with van der Waals surface area (Å²) in [5, 5.41) is 15.3. The number of ether oxygens (including phenoxy) is 2. The number of carboxylic acids is 1. The first-order chi connectivity index (χ1) is 16.4. The van der Waals surface area contributed by atoms with Crippen molar-refractivity contribution in [3.05, 3.63) is 61.9 Å². The minimum absolute atomic E-state index is 0.0394. The second-order valence-corrected chi connectivity index (χ2v) is 9.27. The zero-order chi connectivity index (χ0) is 24.2. The zero-order valence-electron chi connectivity index (χ0n) is 18.2. The Hall–Kier alpha value is -2.67. The van der Waals surface area contributed by atoms with Crippen LogP contribution in [-0.2, 0) is 19.1 Å². The molecule has 9 nitrogen and oxygen atoms in total. The van der Waals surface area contributed by atoms with Crippen molar-refractivity contribution in [2.75, 3.05) is 32.9 Å². The molecule has 2 aliphatic heterocycles. The highest BCUT2D eigenvalue weighted by atomic mass is 79.9. The molecular formula is C22H22BrFN4O5S. The zero-order valence-corrected chi connectivity index (χ0v) is 20.6. The SMILES string of the molecule is CCOC(=O)C1=C(CN2CCOCC2C(=O)O)NC(c2nccs2)=NC1c1ccc(F)cc1Br. The van der Waals surface area contributed by atoms with E-state index in [9.17, 15) is 19.1 Å². The average Bonchev–Trinajstić information content (AvgIpc) is 3.34. The molecule has 1 aromatic heterocycles. The molecule has 3 heterocycles. The van der Waals surface area contributed by atoms with Gasteiger partial charge in [0.15, 0.2) is 10.8 Å². The lowest BCUT2D eigenvalue weighted by Gasteiger charge is -2.35. The molecule has 2 unspecified atom stereocenters. The number of halogens is 2. The number of thiazole rings is 1. The molecule has 2 aliphatic rings. The molecule has 12 heteroatoms.